The van der Waals surface area contributed by atoms with Crippen LogP contribution in [0.4, 0.5) is 0 Å². The van der Waals surface area contributed by atoms with E-state index in [-0.39, 0.29) is 11.9 Å². The minimum Gasteiger partial charge on any atom is -0.506 e. The summed E-state index contributed by atoms with van der Waals surface area (Å²) in [7, 11) is 0. The van der Waals surface area contributed by atoms with Gasteiger partial charge in [0.15, 0.2) is 0 Å². The molecule has 1 aliphatic rings. The molecule has 28 heavy (non-hydrogen) atoms. The van der Waals surface area contributed by atoms with Gasteiger partial charge in [-0.25, -0.2) is 4.98 Å². The number of aromatic nitrogens is 1. The summed E-state index contributed by atoms with van der Waals surface area (Å²) in [5.41, 5.74) is 5.65. The predicted octanol–water partition coefficient (Wildman–Crippen LogP) is 5.92. The third-order valence-electron chi connectivity index (χ3n) is 5.12. The van der Waals surface area contributed by atoms with Crippen LogP contribution in [0.25, 0.3) is 22.0 Å². The van der Waals surface area contributed by atoms with Gasteiger partial charge in [-0.2, -0.15) is 0 Å². The Morgan fingerprint density at radius 3 is 2.43 bits per heavy atom. The van der Waals surface area contributed by atoms with Gasteiger partial charge in [-0.1, -0.05) is 60.1 Å². The van der Waals surface area contributed by atoms with Crippen molar-refractivity contribution in [2.45, 2.75) is 12.5 Å². The van der Waals surface area contributed by atoms with Crippen LogP contribution in [-0.4, -0.2) is 16.7 Å². The quantitative estimate of drug-likeness (QED) is 0.442. The number of aromatic hydroxyl groups is 1. The van der Waals surface area contributed by atoms with Crippen molar-refractivity contribution >= 4 is 22.5 Å². The summed E-state index contributed by atoms with van der Waals surface area (Å²) in [5.74, 6) is 0.232. The molecule has 0 spiro atoms. The van der Waals surface area contributed by atoms with Gasteiger partial charge in [0.2, 0.25) is 0 Å². The van der Waals surface area contributed by atoms with Crippen LogP contribution in [0.2, 0.25) is 5.02 Å². The topological polar surface area (TPSA) is 45.7 Å². The third kappa shape index (κ3) is 3.24. The third-order valence-corrected chi connectivity index (χ3v) is 5.37. The first kappa shape index (κ1) is 17.2. The van der Waals surface area contributed by atoms with Crippen molar-refractivity contribution in [1.29, 1.82) is 0 Å². The van der Waals surface area contributed by atoms with Crippen molar-refractivity contribution in [3.05, 3.63) is 94.6 Å². The second kappa shape index (κ2) is 6.93. The van der Waals surface area contributed by atoms with Gasteiger partial charge in [0.25, 0.3) is 0 Å². The summed E-state index contributed by atoms with van der Waals surface area (Å²) < 4.78 is 5.54. The van der Waals surface area contributed by atoms with E-state index in [1.54, 1.807) is 0 Å². The molecule has 1 unspecified atom stereocenters. The molecule has 0 saturated carbocycles. The molecule has 3 aromatic carbocycles. The van der Waals surface area contributed by atoms with E-state index in [9.17, 15) is 5.11 Å². The second-order valence-corrected chi connectivity index (χ2v) is 7.48. The molecule has 0 aliphatic carbocycles. The van der Waals surface area contributed by atoms with Gasteiger partial charge in [-0.15, -0.1) is 0 Å². The van der Waals surface area contributed by atoms with E-state index in [2.05, 4.69) is 24.3 Å². The van der Waals surface area contributed by atoms with Crippen LogP contribution < -0.4 is 0 Å². The number of rotatable bonds is 4. The van der Waals surface area contributed by atoms with Gasteiger partial charge in [0.05, 0.1) is 17.8 Å². The molecule has 3 nitrogen and oxygen atoms in total. The van der Waals surface area contributed by atoms with E-state index in [0.717, 1.165) is 33.2 Å². The van der Waals surface area contributed by atoms with Crippen LogP contribution in [0, 0.1) is 0 Å². The minimum absolute atomic E-state index is 0.0690. The van der Waals surface area contributed by atoms with Crippen LogP contribution in [0.1, 0.15) is 22.9 Å². The number of fused-ring (bicyclic) bond motifs is 1. The molecule has 138 valence electrons. The fraction of sp³-hybridized carbons (Fsp3) is 0.125. The molecule has 0 bridgehead atoms. The maximum Gasteiger partial charge on any atom is 0.143 e. The molecule has 1 fully saturated rings. The van der Waals surface area contributed by atoms with Crippen molar-refractivity contribution < 1.29 is 9.84 Å². The van der Waals surface area contributed by atoms with Crippen LogP contribution in [0.15, 0.2) is 72.8 Å². The minimum atomic E-state index is -0.0690. The number of pyridine rings is 1. The summed E-state index contributed by atoms with van der Waals surface area (Å²) in [6.07, 6.45) is 0.472. The highest BCUT2D eigenvalue weighted by Crippen LogP contribution is 2.43. The van der Waals surface area contributed by atoms with E-state index in [0.29, 0.717) is 23.7 Å². The number of benzene rings is 3. The SMILES string of the molecule is Oc1c(Cc2ccc(Cl)cc2)nc2ccc(-c3ccccc3)cc2c1C1CO1. The van der Waals surface area contributed by atoms with Crippen molar-refractivity contribution in [2.24, 2.45) is 0 Å². The Labute approximate surface area is 168 Å². The fourth-order valence-corrected chi connectivity index (χ4v) is 3.73. The second-order valence-electron chi connectivity index (χ2n) is 7.04. The lowest BCUT2D eigenvalue weighted by atomic mass is 9.97. The van der Waals surface area contributed by atoms with Crippen molar-refractivity contribution in [2.75, 3.05) is 6.61 Å². The van der Waals surface area contributed by atoms with Gasteiger partial charge in [-0.3, -0.25) is 0 Å². The zero-order valence-corrected chi connectivity index (χ0v) is 15.9. The number of halogens is 1. The van der Waals surface area contributed by atoms with Crippen molar-refractivity contribution in [3.63, 3.8) is 0 Å². The lowest BCUT2D eigenvalue weighted by Crippen LogP contribution is -1.99. The molecule has 1 N–H and O–H groups in total. The molecule has 1 aliphatic heterocycles. The Morgan fingerprint density at radius 2 is 1.71 bits per heavy atom. The van der Waals surface area contributed by atoms with E-state index >= 15 is 0 Å². The zero-order valence-electron chi connectivity index (χ0n) is 15.1. The first-order valence-electron chi connectivity index (χ1n) is 9.26. The fourth-order valence-electron chi connectivity index (χ4n) is 3.60. The normalized spacial score (nSPS) is 15.7. The molecule has 4 aromatic rings. The Bertz CT molecular complexity index is 1150. The Balaban J connectivity index is 1.63. The molecular weight excluding hydrogens is 370 g/mol. The molecule has 0 amide bonds. The average molecular weight is 388 g/mol. The smallest absolute Gasteiger partial charge is 0.143 e. The number of nitrogens with zero attached hydrogens (tertiary/aromatic N) is 1. The monoisotopic (exact) mass is 387 g/mol. The molecular formula is C24H18ClNO2. The largest absolute Gasteiger partial charge is 0.506 e. The van der Waals surface area contributed by atoms with E-state index < -0.39 is 0 Å². The molecule has 2 heterocycles. The van der Waals surface area contributed by atoms with Crippen LogP contribution >= 0.6 is 11.6 Å². The Kier molecular flexibility index (Phi) is 4.27. The molecule has 1 aromatic heterocycles. The van der Waals surface area contributed by atoms with Gasteiger partial charge in [-0.05, 0) is 41.0 Å². The lowest BCUT2D eigenvalue weighted by Gasteiger charge is -2.13. The van der Waals surface area contributed by atoms with Gasteiger partial charge in [0, 0.05) is 22.4 Å². The Morgan fingerprint density at radius 1 is 0.964 bits per heavy atom. The Hall–Kier alpha value is -2.88. The lowest BCUT2D eigenvalue weighted by molar-refractivity contribution is 0.400. The molecule has 5 rings (SSSR count). The van der Waals surface area contributed by atoms with Crippen LogP contribution in [0.3, 0.4) is 0 Å². The number of epoxide rings is 1. The predicted molar refractivity (Wildman–Crippen MR) is 112 cm³/mol. The highest BCUT2D eigenvalue weighted by Gasteiger charge is 2.31. The summed E-state index contributed by atoms with van der Waals surface area (Å²) >= 11 is 5.98. The van der Waals surface area contributed by atoms with E-state index in [1.807, 2.05) is 48.5 Å². The summed E-state index contributed by atoms with van der Waals surface area (Å²) in [5, 5.41) is 12.6. The van der Waals surface area contributed by atoms with Crippen molar-refractivity contribution in [1.82, 2.24) is 4.98 Å². The standard InChI is InChI=1S/C24H18ClNO2/c25-18-9-6-15(7-10-18)12-21-24(27)23(22-14-28-22)19-13-17(8-11-20(19)26-21)16-4-2-1-3-5-16/h1-11,13,22,27H,12,14H2. The molecule has 0 radical (unpaired) electrons. The summed E-state index contributed by atoms with van der Waals surface area (Å²) in [6, 6.07) is 24.0. The van der Waals surface area contributed by atoms with Crippen LogP contribution in [0.5, 0.6) is 5.75 Å². The van der Waals surface area contributed by atoms with Gasteiger partial charge >= 0.3 is 0 Å². The molecule has 4 heteroatoms. The first-order valence-corrected chi connectivity index (χ1v) is 9.64. The number of hydrogen-bond acceptors (Lipinski definition) is 3. The highest BCUT2D eigenvalue weighted by atomic mass is 35.5. The average Bonchev–Trinajstić information content (AvgIpc) is 3.56. The van der Waals surface area contributed by atoms with Crippen molar-refractivity contribution in [3.8, 4) is 16.9 Å². The van der Waals surface area contributed by atoms with Gasteiger partial charge in [0.1, 0.15) is 11.9 Å². The van der Waals surface area contributed by atoms with E-state index in [4.69, 9.17) is 21.3 Å². The maximum atomic E-state index is 11.0. The zero-order chi connectivity index (χ0) is 19.1. The maximum absolute atomic E-state index is 11.0. The number of hydrogen-bond donors (Lipinski definition) is 1. The number of ether oxygens (including phenoxy) is 1. The van der Waals surface area contributed by atoms with Crippen LogP contribution in [-0.2, 0) is 11.2 Å². The summed E-state index contributed by atoms with van der Waals surface area (Å²) in [4.78, 5) is 4.76. The summed E-state index contributed by atoms with van der Waals surface area (Å²) in [6.45, 7) is 0.628. The first-order chi connectivity index (χ1) is 13.7. The highest BCUT2D eigenvalue weighted by molar-refractivity contribution is 6.30. The van der Waals surface area contributed by atoms with E-state index in [1.165, 1.54) is 0 Å². The molecule has 1 atom stereocenters. The molecule has 1 saturated heterocycles. The van der Waals surface area contributed by atoms with Gasteiger partial charge < -0.3 is 9.84 Å².